The molecule has 0 saturated carbocycles. The first-order valence-corrected chi connectivity index (χ1v) is 9.06. The molecule has 18 heavy (non-hydrogen) atoms. The SMILES string of the molecule is O=C(I)SCP(c1ccccc1)c1ccccc1. The van der Waals surface area contributed by atoms with E-state index in [0.717, 1.165) is 5.49 Å². The van der Waals surface area contributed by atoms with Gasteiger partial charge in [-0.3, -0.25) is 4.79 Å². The van der Waals surface area contributed by atoms with Crippen molar-refractivity contribution >= 4 is 56.0 Å². The monoisotopic (exact) mass is 386 g/mol. The summed E-state index contributed by atoms with van der Waals surface area (Å²) in [7, 11) is -0.446. The van der Waals surface area contributed by atoms with Crippen LogP contribution in [-0.2, 0) is 0 Å². The number of thioether (sulfide) groups is 1. The second kappa shape index (κ2) is 7.27. The maximum absolute atomic E-state index is 11.2. The van der Waals surface area contributed by atoms with Crippen molar-refractivity contribution in [3.8, 4) is 0 Å². The van der Waals surface area contributed by atoms with Crippen molar-refractivity contribution in [2.75, 3.05) is 5.49 Å². The summed E-state index contributed by atoms with van der Waals surface area (Å²) in [5.41, 5.74) is 0.852. The molecular formula is C14H12IOPS. The van der Waals surface area contributed by atoms with Crippen LogP contribution >= 0.6 is 42.3 Å². The van der Waals surface area contributed by atoms with Gasteiger partial charge < -0.3 is 0 Å². The number of carbonyl (C=O) groups excluding carboxylic acids is 1. The van der Waals surface area contributed by atoms with Crippen molar-refractivity contribution in [2.24, 2.45) is 0 Å². The fourth-order valence-electron chi connectivity index (χ4n) is 1.63. The van der Waals surface area contributed by atoms with Crippen molar-refractivity contribution in [3.05, 3.63) is 60.7 Å². The molecular weight excluding hydrogens is 374 g/mol. The highest BCUT2D eigenvalue weighted by Crippen LogP contribution is 2.38. The lowest BCUT2D eigenvalue weighted by Crippen LogP contribution is -2.12. The van der Waals surface area contributed by atoms with Gasteiger partial charge in [-0.15, -0.1) is 0 Å². The molecule has 0 atom stereocenters. The Hall–Kier alpha value is -0.380. The molecule has 92 valence electrons. The Labute approximate surface area is 126 Å². The number of benzene rings is 2. The molecule has 0 aliphatic carbocycles. The first-order valence-electron chi connectivity index (χ1n) is 5.47. The van der Waals surface area contributed by atoms with Crippen LogP contribution in [0.3, 0.4) is 0 Å². The molecule has 2 aromatic carbocycles. The Morgan fingerprint density at radius 3 is 1.78 bits per heavy atom. The van der Waals surface area contributed by atoms with Crippen LogP contribution in [0, 0.1) is 0 Å². The molecule has 0 amide bonds. The topological polar surface area (TPSA) is 17.1 Å². The van der Waals surface area contributed by atoms with Gasteiger partial charge >= 0.3 is 0 Å². The van der Waals surface area contributed by atoms with Crippen LogP contribution in [0.1, 0.15) is 0 Å². The second-order valence-corrected chi connectivity index (χ2v) is 8.90. The second-order valence-electron chi connectivity index (χ2n) is 3.61. The number of rotatable bonds is 4. The summed E-state index contributed by atoms with van der Waals surface area (Å²) in [5, 5.41) is 2.65. The molecule has 0 N–H and O–H groups in total. The molecule has 2 aromatic rings. The van der Waals surface area contributed by atoms with Crippen molar-refractivity contribution in [1.82, 2.24) is 0 Å². The highest BCUT2D eigenvalue weighted by molar-refractivity contribution is 14.1. The lowest BCUT2D eigenvalue weighted by molar-refractivity contribution is 0.278. The minimum Gasteiger partial charge on any atom is -0.275 e. The molecule has 0 radical (unpaired) electrons. The summed E-state index contributed by atoms with van der Waals surface area (Å²) < 4.78 is 0.159. The molecule has 0 bridgehead atoms. The third kappa shape index (κ3) is 4.08. The molecule has 2 rings (SSSR count). The standard InChI is InChI=1S/C14H12IOPS/c15-14(16)18-11-17(12-7-3-1-4-8-12)13-9-5-2-6-10-13/h1-10H,11H2. The van der Waals surface area contributed by atoms with Gasteiger partial charge in [-0.2, -0.15) is 0 Å². The van der Waals surface area contributed by atoms with E-state index in [9.17, 15) is 4.79 Å². The Morgan fingerprint density at radius 1 is 0.944 bits per heavy atom. The number of hydrogen-bond acceptors (Lipinski definition) is 2. The summed E-state index contributed by atoms with van der Waals surface area (Å²) in [5.74, 6) is 0. The maximum atomic E-state index is 11.2. The van der Waals surface area contributed by atoms with Gasteiger partial charge in [-0.1, -0.05) is 72.4 Å². The van der Waals surface area contributed by atoms with Gasteiger partial charge in [-0.05, 0) is 18.5 Å². The zero-order valence-corrected chi connectivity index (χ0v) is 13.5. The van der Waals surface area contributed by atoms with Crippen LogP contribution in [0.15, 0.2) is 60.7 Å². The highest BCUT2D eigenvalue weighted by atomic mass is 127. The molecule has 0 saturated heterocycles. The zero-order chi connectivity index (χ0) is 12.8. The summed E-state index contributed by atoms with van der Waals surface area (Å²) in [6, 6.07) is 20.9. The molecule has 0 fully saturated rings. The van der Waals surface area contributed by atoms with Crippen molar-refractivity contribution in [2.45, 2.75) is 0 Å². The van der Waals surface area contributed by atoms with Crippen molar-refractivity contribution in [1.29, 1.82) is 0 Å². The summed E-state index contributed by atoms with van der Waals surface area (Å²) >= 11 is 3.25. The van der Waals surface area contributed by atoms with Gasteiger partial charge in [0.25, 0.3) is 0 Å². The first-order chi connectivity index (χ1) is 8.77. The van der Waals surface area contributed by atoms with Gasteiger partial charge in [0.05, 0.1) is 0 Å². The Morgan fingerprint density at radius 2 is 1.39 bits per heavy atom. The van der Waals surface area contributed by atoms with E-state index in [0.29, 0.717) is 0 Å². The van der Waals surface area contributed by atoms with E-state index in [1.807, 2.05) is 34.7 Å². The van der Waals surface area contributed by atoms with E-state index in [1.165, 1.54) is 22.4 Å². The molecule has 4 heteroatoms. The van der Waals surface area contributed by atoms with Crippen LogP contribution < -0.4 is 10.6 Å². The zero-order valence-electron chi connectivity index (χ0n) is 9.62. The van der Waals surface area contributed by atoms with E-state index < -0.39 is 7.92 Å². The summed E-state index contributed by atoms with van der Waals surface area (Å²) in [6.07, 6.45) is 0. The van der Waals surface area contributed by atoms with E-state index >= 15 is 0 Å². The Balaban J connectivity index is 2.26. The molecule has 0 aliphatic heterocycles. The van der Waals surface area contributed by atoms with Gasteiger partial charge in [0, 0.05) is 28.1 Å². The highest BCUT2D eigenvalue weighted by Gasteiger charge is 2.14. The average Bonchev–Trinajstić information content (AvgIpc) is 2.41. The Bertz CT molecular complexity index is 464. The molecule has 0 heterocycles. The molecule has 0 spiro atoms. The van der Waals surface area contributed by atoms with Gasteiger partial charge in [0.1, 0.15) is 0 Å². The van der Waals surface area contributed by atoms with Crippen molar-refractivity contribution in [3.63, 3.8) is 0 Å². The smallest absolute Gasteiger partial charge is 0.248 e. The summed E-state index contributed by atoms with van der Waals surface area (Å²) in [6.45, 7) is 0. The fraction of sp³-hybridized carbons (Fsp3) is 0.0714. The number of halogens is 1. The van der Waals surface area contributed by atoms with Crippen LogP contribution in [0.4, 0.5) is 4.79 Å². The predicted octanol–water partition coefficient (Wildman–Crippen LogP) is 4.37. The lowest BCUT2D eigenvalue weighted by Gasteiger charge is -2.17. The van der Waals surface area contributed by atoms with Crippen LogP contribution in [0.2, 0.25) is 0 Å². The number of hydrogen-bond donors (Lipinski definition) is 0. The van der Waals surface area contributed by atoms with Gasteiger partial charge in [-0.25, -0.2) is 0 Å². The number of carbonyl (C=O) groups is 1. The Kier molecular flexibility index (Phi) is 5.67. The van der Waals surface area contributed by atoms with Crippen LogP contribution in [-0.4, -0.2) is 8.62 Å². The largest absolute Gasteiger partial charge is 0.275 e. The van der Waals surface area contributed by atoms with Crippen LogP contribution in [0.25, 0.3) is 0 Å². The van der Waals surface area contributed by atoms with E-state index in [1.54, 1.807) is 0 Å². The predicted molar refractivity (Wildman–Crippen MR) is 90.9 cm³/mol. The average molecular weight is 386 g/mol. The van der Waals surface area contributed by atoms with E-state index in [2.05, 4.69) is 48.5 Å². The maximum Gasteiger partial charge on any atom is 0.248 e. The molecule has 1 nitrogen and oxygen atoms in total. The van der Waals surface area contributed by atoms with Gasteiger partial charge in [0.2, 0.25) is 3.12 Å². The third-order valence-electron chi connectivity index (χ3n) is 2.44. The quantitative estimate of drug-likeness (QED) is 0.441. The minimum absolute atomic E-state index is 0.159. The minimum atomic E-state index is -0.446. The van der Waals surface area contributed by atoms with E-state index in [4.69, 9.17) is 0 Å². The molecule has 0 aliphatic rings. The lowest BCUT2D eigenvalue weighted by atomic mass is 10.4. The van der Waals surface area contributed by atoms with Crippen molar-refractivity contribution < 1.29 is 4.79 Å². The summed E-state index contributed by atoms with van der Waals surface area (Å²) in [4.78, 5) is 11.2. The fourth-order valence-corrected chi connectivity index (χ4v) is 6.36. The van der Waals surface area contributed by atoms with E-state index in [-0.39, 0.29) is 3.12 Å². The van der Waals surface area contributed by atoms with Gasteiger partial charge in [0.15, 0.2) is 0 Å². The first kappa shape index (κ1) is 14.0. The molecule has 0 unspecified atom stereocenters. The normalized spacial score (nSPS) is 10.6. The van der Waals surface area contributed by atoms with Crippen LogP contribution in [0.5, 0.6) is 0 Å². The third-order valence-corrected chi connectivity index (χ3v) is 7.00. The molecule has 0 aromatic heterocycles.